The third-order valence-corrected chi connectivity index (χ3v) is 3.95. The molecule has 2 rings (SSSR count). The summed E-state index contributed by atoms with van der Waals surface area (Å²) in [6.07, 6.45) is 1.53. The maximum absolute atomic E-state index is 13.5. The van der Waals surface area contributed by atoms with Crippen LogP contribution in [0.2, 0.25) is 0 Å². The quantitative estimate of drug-likeness (QED) is 0.841. The molecule has 0 atom stereocenters. The molecule has 1 aliphatic rings. The lowest BCUT2D eigenvalue weighted by Crippen LogP contribution is -2.48. The first-order valence-corrected chi connectivity index (χ1v) is 7.11. The zero-order chi connectivity index (χ0) is 16.3. The van der Waals surface area contributed by atoms with Crippen LogP contribution in [0.25, 0.3) is 0 Å². The van der Waals surface area contributed by atoms with Gasteiger partial charge in [0.05, 0.1) is 0 Å². The molecule has 0 bridgehead atoms. The SMILES string of the molecule is CN1CCC(N(C)C(=O)C(=O)Nc2c(F)cccc2F)CC1. The Bertz CT molecular complexity index is 552. The Morgan fingerprint density at radius 2 is 1.77 bits per heavy atom. The Morgan fingerprint density at radius 3 is 2.32 bits per heavy atom. The smallest absolute Gasteiger partial charge is 0.314 e. The Morgan fingerprint density at radius 1 is 1.23 bits per heavy atom. The highest BCUT2D eigenvalue weighted by Gasteiger charge is 2.28. The highest BCUT2D eigenvalue weighted by Crippen LogP contribution is 2.19. The van der Waals surface area contributed by atoms with Crippen molar-refractivity contribution in [2.45, 2.75) is 18.9 Å². The third-order valence-electron chi connectivity index (χ3n) is 3.95. The Balaban J connectivity index is 2.01. The van der Waals surface area contributed by atoms with Crippen molar-refractivity contribution in [3.63, 3.8) is 0 Å². The number of likely N-dealkylation sites (tertiary alicyclic amines) is 1. The lowest BCUT2D eigenvalue weighted by Gasteiger charge is -2.34. The Kier molecular flexibility index (Phi) is 5.07. The number of nitrogens with one attached hydrogen (secondary N) is 1. The van der Waals surface area contributed by atoms with Gasteiger partial charge in [-0.05, 0) is 45.1 Å². The van der Waals surface area contributed by atoms with E-state index in [-0.39, 0.29) is 6.04 Å². The third kappa shape index (κ3) is 3.59. The number of piperidine rings is 1. The number of amides is 2. The number of benzene rings is 1. The summed E-state index contributed by atoms with van der Waals surface area (Å²) in [4.78, 5) is 27.5. The second-order valence-corrected chi connectivity index (χ2v) is 5.50. The molecular formula is C15H19F2N3O2. The van der Waals surface area contributed by atoms with Gasteiger partial charge in [-0.1, -0.05) is 6.07 Å². The minimum atomic E-state index is -1.04. The summed E-state index contributed by atoms with van der Waals surface area (Å²) in [5, 5.41) is 2.02. The molecule has 120 valence electrons. The van der Waals surface area contributed by atoms with Crippen molar-refractivity contribution in [1.29, 1.82) is 0 Å². The van der Waals surface area contributed by atoms with E-state index in [9.17, 15) is 18.4 Å². The Hall–Kier alpha value is -2.02. The van der Waals surface area contributed by atoms with Gasteiger partial charge in [-0.25, -0.2) is 8.78 Å². The predicted molar refractivity (Wildman–Crippen MR) is 78.3 cm³/mol. The van der Waals surface area contributed by atoms with Gasteiger partial charge in [0.1, 0.15) is 17.3 Å². The maximum Gasteiger partial charge on any atom is 0.314 e. The van der Waals surface area contributed by atoms with Gasteiger partial charge >= 0.3 is 11.8 Å². The van der Waals surface area contributed by atoms with Crippen LogP contribution in [0.5, 0.6) is 0 Å². The number of rotatable bonds is 2. The van der Waals surface area contributed by atoms with Crippen LogP contribution in [0.15, 0.2) is 18.2 Å². The van der Waals surface area contributed by atoms with Crippen LogP contribution in [-0.4, -0.2) is 54.8 Å². The molecule has 0 aromatic heterocycles. The fraction of sp³-hybridized carbons (Fsp3) is 0.467. The average molecular weight is 311 g/mol. The molecule has 0 aliphatic carbocycles. The fourth-order valence-electron chi connectivity index (χ4n) is 2.49. The molecule has 2 amide bonds. The van der Waals surface area contributed by atoms with Crippen molar-refractivity contribution in [2.75, 3.05) is 32.5 Å². The van der Waals surface area contributed by atoms with Gasteiger partial charge in [-0.3, -0.25) is 9.59 Å². The molecule has 1 fully saturated rings. The van der Waals surface area contributed by atoms with Crippen LogP contribution in [0, 0.1) is 11.6 Å². The monoisotopic (exact) mass is 311 g/mol. The molecule has 22 heavy (non-hydrogen) atoms. The second-order valence-electron chi connectivity index (χ2n) is 5.50. The largest absolute Gasteiger partial charge is 0.334 e. The number of halogens is 2. The standard InChI is InChI=1S/C15H19F2N3O2/c1-19-8-6-10(7-9-19)20(2)15(22)14(21)18-13-11(16)4-3-5-12(13)17/h3-5,10H,6-9H2,1-2H3,(H,18,21). The number of para-hydroxylation sites is 1. The summed E-state index contributed by atoms with van der Waals surface area (Å²) in [5.41, 5.74) is -0.599. The molecule has 1 aromatic carbocycles. The van der Waals surface area contributed by atoms with E-state index in [1.54, 1.807) is 0 Å². The number of carbonyl (C=O) groups is 2. The van der Waals surface area contributed by atoms with Gasteiger partial charge in [-0.2, -0.15) is 0 Å². The van der Waals surface area contributed by atoms with E-state index in [1.807, 2.05) is 12.4 Å². The maximum atomic E-state index is 13.5. The van der Waals surface area contributed by atoms with Crippen LogP contribution in [-0.2, 0) is 9.59 Å². The normalized spacial score (nSPS) is 16.4. The molecule has 1 N–H and O–H groups in total. The molecule has 1 saturated heterocycles. The van der Waals surface area contributed by atoms with Gasteiger partial charge in [0.25, 0.3) is 0 Å². The Labute approximate surface area is 127 Å². The summed E-state index contributed by atoms with van der Waals surface area (Å²) in [5.74, 6) is -3.66. The van der Waals surface area contributed by atoms with Crippen molar-refractivity contribution in [1.82, 2.24) is 9.80 Å². The molecule has 0 radical (unpaired) electrons. The van der Waals surface area contributed by atoms with E-state index in [2.05, 4.69) is 4.90 Å². The van der Waals surface area contributed by atoms with Crippen LogP contribution in [0.1, 0.15) is 12.8 Å². The molecule has 7 heteroatoms. The molecule has 0 saturated carbocycles. The highest BCUT2D eigenvalue weighted by atomic mass is 19.1. The zero-order valence-corrected chi connectivity index (χ0v) is 12.6. The van der Waals surface area contributed by atoms with Crippen LogP contribution in [0.4, 0.5) is 14.5 Å². The van der Waals surface area contributed by atoms with Crippen molar-refractivity contribution < 1.29 is 18.4 Å². The van der Waals surface area contributed by atoms with Crippen molar-refractivity contribution >= 4 is 17.5 Å². The topological polar surface area (TPSA) is 52.7 Å². The number of carbonyl (C=O) groups excluding carboxylic acids is 2. The number of hydrogen-bond donors (Lipinski definition) is 1. The first-order valence-electron chi connectivity index (χ1n) is 7.11. The van der Waals surface area contributed by atoms with E-state index in [0.717, 1.165) is 38.1 Å². The van der Waals surface area contributed by atoms with E-state index in [0.29, 0.717) is 0 Å². The summed E-state index contributed by atoms with van der Waals surface area (Å²) in [7, 11) is 3.53. The predicted octanol–water partition coefficient (Wildman–Crippen LogP) is 1.46. The molecule has 1 heterocycles. The number of nitrogens with zero attached hydrogens (tertiary/aromatic N) is 2. The summed E-state index contributed by atoms with van der Waals surface area (Å²) in [6, 6.07) is 3.18. The molecule has 1 aliphatic heterocycles. The second kappa shape index (κ2) is 6.83. The number of likely N-dealkylation sites (N-methyl/N-ethyl adjacent to an activating group) is 1. The molecular weight excluding hydrogens is 292 g/mol. The van der Waals surface area contributed by atoms with Crippen molar-refractivity contribution in [3.8, 4) is 0 Å². The first-order chi connectivity index (χ1) is 10.4. The minimum Gasteiger partial charge on any atom is -0.334 e. The number of anilines is 1. The van der Waals surface area contributed by atoms with Gasteiger partial charge in [0.15, 0.2) is 0 Å². The minimum absolute atomic E-state index is 0.0417. The van der Waals surface area contributed by atoms with E-state index in [1.165, 1.54) is 18.0 Å². The van der Waals surface area contributed by atoms with Crippen LogP contribution < -0.4 is 5.32 Å². The van der Waals surface area contributed by atoms with Gasteiger partial charge in [0.2, 0.25) is 0 Å². The lowest BCUT2D eigenvalue weighted by atomic mass is 10.0. The van der Waals surface area contributed by atoms with Crippen LogP contribution >= 0.6 is 0 Å². The van der Waals surface area contributed by atoms with Crippen molar-refractivity contribution in [2.24, 2.45) is 0 Å². The molecule has 0 unspecified atom stereocenters. The fourth-order valence-corrected chi connectivity index (χ4v) is 2.49. The molecule has 1 aromatic rings. The zero-order valence-electron chi connectivity index (χ0n) is 12.6. The lowest BCUT2D eigenvalue weighted by molar-refractivity contribution is -0.144. The van der Waals surface area contributed by atoms with Gasteiger partial charge in [0, 0.05) is 13.1 Å². The van der Waals surface area contributed by atoms with Crippen molar-refractivity contribution in [3.05, 3.63) is 29.8 Å². The first kappa shape index (κ1) is 16.4. The number of hydrogen-bond acceptors (Lipinski definition) is 3. The highest BCUT2D eigenvalue weighted by molar-refractivity contribution is 6.39. The summed E-state index contributed by atoms with van der Waals surface area (Å²) < 4.78 is 27.0. The molecule has 0 spiro atoms. The van der Waals surface area contributed by atoms with E-state index >= 15 is 0 Å². The van der Waals surface area contributed by atoms with Gasteiger partial charge in [-0.15, -0.1) is 0 Å². The van der Waals surface area contributed by atoms with Gasteiger partial charge < -0.3 is 15.1 Å². The summed E-state index contributed by atoms with van der Waals surface area (Å²) >= 11 is 0. The van der Waals surface area contributed by atoms with E-state index in [4.69, 9.17) is 0 Å². The van der Waals surface area contributed by atoms with E-state index < -0.39 is 29.1 Å². The van der Waals surface area contributed by atoms with Crippen LogP contribution in [0.3, 0.4) is 0 Å². The summed E-state index contributed by atoms with van der Waals surface area (Å²) in [6.45, 7) is 1.68. The average Bonchev–Trinajstić information content (AvgIpc) is 2.50. The molecule has 5 nitrogen and oxygen atoms in total.